The molecule has 198 valence electrons. The topological polar surface area (TPSA) is 31.5 Å². The number of allylic oxidation sites excluding steroid dienone is 1. The fraction of sp³-hybridized carbons (Fsp3) is 0.448. The van der Waals surface area contributed by atoms with Crippen LogP contribution >= 0.6 is 0 Å². The van der Waals surface area contributed by atoms with Crippen LogP contribution in [0.4, 0.5) is 17.6 Å². The maximum Gasteiger partial charge on any atom is 0.135 e. The fourth-order valence-corrected chi connectivity index (χ4v) is 5.58. The minimum absolute atomic E-state index is 0.0233. The number of hydrogen-bond acceptors (Lipinski definition) is 3. The molecule has 3 heterocycles. The molecular formula is C29H33F4N3O. The molecule has 0 saturated carbocycles. The number of likely N-dealkylation sites (tertiary alicyclic amines) is 1. The molecule has 1 N–H and O–H groups in total. The smallest absolute Gasteiger partial charge is 0.135 e. The Morgan fingerprint density at radius 2 is 1.84 bits per heavy atom. The molecule has 5 rings (SSSR count). The average molecular weight is 516 g/mol. The molecule has 2 aliphatic heterocycles. The van der Waals surface area contributed by atoms with Crippen LogP contribution in [-0.2, 0) is 6.42 Å². The maximum atomic E-state index is 15.7. The van der Waals surface area contributed by atoms with Gasteiger partial charge in [-0.25, -0.2) is 17.6 Å². The number of rotatable bonds is 7. The van der Waals surface area contributed by atoms with Gasteiger partial charge in [0, 0.05) is 66.5 Å². The third-order valence-corrected chi connectivity index (χ3v) is 7.26. The molecule has 2 aliphatic rings. The lowest BCUT2D eigenvalue weighted by Gasteiger charge is -2.43. The number of nitrogens with one attached hydrogen (secondary N) is 1. The summed E-state index contributed by atoms with van der Waals surface area (Å²) in [5.74, 6) is -1.59. The van der Waals surface area contributed by atoms with Crippen molar-refractivity contribution in [2.75, 3.05) is 26.2 Å². The predicted octanol–water partition coefficient (Wildman–Crippen LogP) is 6.47. The fourth-order valence-electron chi connectivity index (χ4n) is 5.58. The van der Waals surface area contributed by atoms with Crippen molar-refractivity contribution < 1.29 is 22.3 Å². The van der Waals surface area contributed by atoms with Gasteiger partial charge in [0.2, 0.25) is 0 Å². The number of alkyl halides is 1. The zero-order valence-electron chi connectivity index (χ0n) is 21.6. The third kappa shape index (κ3) is 5.27. The Bertz CT molecular complexity index is 1300. The Morgan fingerprint density at radius 1 is 1.16 bits per heavy atom. The van der Waals surface area contributed by atoms with Crippen molar-refractivity contribution in [1.82, 2.24) is 14.8 Å². The summed E-state index contributed by atoms with van der Waals surface area (Å²) in [6.45, 7) is 7.91. The molecule has 0 spiro atoms. The highest BCUT2D eigenvalue weighted by atomic mass is 19.1. The van der Waals surface area contributed by atoms with Crippen molar-refractivity contribution in [3.8, 4) is 5.75 Å². The van der Waals surface area contributed by atoms with E-state index in [1.807, 2.05) is 41.0 Å². The molecule has 1 aromatic heterocycles. The first-order chi connectivity index (χ1) is 17.5. The lowest BCUT2D eigenvalue weighted by molar-refractivity contribution is 0.0273. The van der Waals surface area contributed by atoms with E-state index in [1.54, 1.807) is 0 Å². The molecule has 0 amide bonds. The Balaban J connectivity index is 1.48. The summed E-state index contributed by atoms with van der Waals surface area (Å²) >= 11 is 0. The molecule has 8 heteroatoms. The number of fused-ring (bicyclic) bond motifs is 3. The number of aromatic nitrogens is 1. The van der Waals surface area contributed by atoms with Crippen LogP contribution in [0.3, 0.4) is 0 Å². The molecule has 1 saturated heterocycles. The zero-order chi connectivity index (χ0) is 26.5. The van der Waals surface area contributed by atoms with Gasteiger partial charge in [-0.05, 0) is 51.8 Å². The lowest BCUT2D eigenvalue weighted by Crippen LogP contribution is -2.53. The molecule has 0 bridgehead atoms. The van der Waals surface area contributed by atoms with Crippen LogP contribution in [0.2, 0.25) is 0 Å². The number of nitrogens with zero attached hydrogens (tertiary/aromatic N) is 2. The van der Waals surface area contributed by atoms with Crippen LogP contribution < -0.4 is 4.74 Å². The van der Waals surface area contributed by atoms with Gasteiger partial charge in [-0.15, -0.1) is 0 Å². The number of halogens is 4. The minimum Gasteiger partial charge on any atom is -0.488 e. The molecule has 1 fully saturated rings. The minimum atomic E-state index is -1.56. The predicted molar refractivity (Wildman–Crippen MR) is 137 cm³/mol. The van der Waals surface area contributed by atoms with Gasteiger partial charge in [0.05, 0.1) is 11.9 Å². The van der Waals surface area contributed by atoms with E-state index in [2.05, 4.69) is 4.98 Å². The first-order valence-electron chi connectivity index (χ1n) is 12.7. The van der Waals surface area contributed by atoms with Gasteiger partial charge in [0.1, 0.15) is 29.2 Å². The van der Waals surface area contributed by atoms with Crippen LogP contribution in [-0.4, -0.2) is 58.8 Å². The van der Waals surface area contributed by atoms with E-state index in [9.17, 15) is 8.78 Å². The van der Waals surface area contributed by atoms with E-state index >= 15 is 8.78 Å². The summed E-state index contributed by atoms with van der Waals surface area (Å²) in [6, 6.07) is 9.27. The average Bonchev–Trinajstić information content (AvgIpc) is 3.13. The highest BCUT2D eigenvalue weighted by Gasteiger charge is 2.41. The van der Waals surface area contributed by atoms with Crippen LogP contribution in [0.15, 0.2) is 48.3 Å². The lowest BCUT2D eigenvalue weighted by atomic mass is 9.87. The van der Waals surface area contributed by atoms with Gasteiger partial charge in [-0.3, -0.25) is 9.80 Å². The SMILES string of the molecule is C/C(F)=C/CN1CC(Oc2cc(F)c([C@@H]3c4[nH]c5ccccc5c4C[C@@H](C)N3CC(C)(C)F)c(F)c2)C1. The first-order valence-corrected chi connectivity index (χ1v) is 12.7. The van der Waals surface area contributed by atoms with Gasteiger partial charge in [-0.2, -0.15) is 0 Å². The standard InChI is InChI=1S/C29H33F4N3O/c1-17(30)9-10-35-14-20(15-35)37-19-12-23(31)26(24(32)13-19)28-27-22(21-7-5-6-8-25(21)34-27)11-18(2)36(28)16-29(3,4)33/h5-9,12-13,18,20,28,34H,10-11,14-16H2,1-4H3/b17-9-/t18-,28-/m1/s1. The molecule has 37 heavy (non-hydrogen) atoms. The molecule has 4 nitrogen and oxygen atoms in total. The summed E-state index contributed by atoms with van der Waals surface area (Å²) < 4.78 is 65.1. The normalized spacial score (nSPS) is 21.8. The Kier molecular flexibility index (Phi) is 6.83. The van der Waals surface area contributed by atoms with Crippen molar-refractivity contribution >= 4 is 10.9 Å². The van der Waals surface area contributed by atoms with Crippen LogP contribution in [0, 0.1) is 11.6 Å². The van der Waals surface area contributed by atoms with Crippen LogP contribution in [0.25, 0.3) is 10.9 Å². The van der Waals surface area contributed by atoms with Crippen molar-refractivity contribution in [3.63, 3.8) is 0 Å². The second kappa shape index (κ2) is 9.80. The summed E-state index contributed by atoms with van der Waals surface area (Å²) in [6.07, 6.45) is 1.90. The second-order valence-corrected chi connectivity index (χ2v) is 11.0. The summed E-state index contributed by atoms with van der Waals surface area (Å²) in [7, 11) is 0. The molecule has 2 atom stereocenters. The number of benzene rings is 2. The van der Waals surface area contributed by atoms with Crippen molar-refractivity contribution in [2.24, 2.45) is 0 Å². The van der Waals surface area contributed by atoms with E-state index in [4.69, 9.17) is 4.74 Å². The summed E-state index contributed by atoms with van der Waals surface area (Å²) in [5, 5.41) is 1.02. The monoisotopic (exact) mass is 515 g/mol. The molecule has 3 aromatic rings. The van der Waals surface area contributed by atoms with E-state index in [-0.39, 0.29) is 35.8 Å². The van der Waals surface area contributed by atoms with Crippen LogP contribution in [0.1, 0.15) is 50.6 Å². The summed E-state index contributed by atoms with van der Waals surface area (Å²) in [4.78, 5) is 7.21. The molecule has 0 aliphatic carbocycles. The number of aromatic amines is 1. The third-order valence-electron chi connectivity index (χ3n) is 7.26. The Hall–Kier alpha value is -2.84. The highest BCUT2D eigenvalue weighted by Crippen LogP contribution is 2.43. The largest absolute Gasteiger partial charge is 0.488 e. The van der Waals surface area contributed by atoms with Gasteiger partial charge in [-0.1, -0.05) is 18.2 Å². The number of hydrogen-bond donors (Lipinski definition) is 1. The number of ether oxygens (including phenoxy) is 1. The molecule has 2 aromatic carbocycles. The number of H-pyrrole nitrogens is 1. The molecule has 0 radical (unpaired) electrons. The second-order valence-electron chi connectivity index (χ2n) is 11.0. The van der Waals surface area contributed by atoms with Gasteiger partial charge < -0.3 is 9.72 Å². The molecule has 0 unspecified atom stereocenters. The van der Waals surface area contributed by atoms with Gasteiger partial charge in [0.15, 0.2) is 0 Å². The Labute approximate surface area is 214 Å². The Morgan fingerprint density at radius 3 is 2.49 bits per heavy atom. The van der Waals surface area contributed by atoms with E-state index in [0.717, 1.165) is 16.5 Å². The van der Waals surface area contributed by atoms with E-state index in [1.165, 1.54) is 39.0 Å². The van der Waals surface area contributed by atoms with Crippen molar-refractivity contribution in [2.45, 2.75) is 58.0 Å². The van der Waals surface area contributed by atoms with E-state index in [0.29, 0.717) is 31.7 Å². The quantitative estimate of drug-likeness (QED) is 0.366. The van der Waals surface area contributed by atoms with Gasteiger partial charge in [0.25, 0.3) is 0 Å². The van der Waals surface area contributed by atoms with E-state index < -0.39 is 23.3 Å². The van der Waals surface area contributed by atoms with Crippen LogP contribution in [0.5, 0.6) is 5.75 Å². The zero-order valence-corrected chi connectivity index (χ0v) is 21.6. The van der Waals surface area contributed by atoms with Crippen molar-refractivity contribution in [1.29, 1.82) is 0 Å². The van der Waals surface area contributed by atoms with Gasteiger partial charge >= 0.3 is 0 Å². The molecular weight excluding hydrogens is 482 g/mol. The maximum absolute atomic E-state index is 15.7. The number of para-hydroxylation sites is 1. The highest BCUT2D eigenvalue weighted by molar-refractivity contribution is 5.85. The summed E-state index contributed by atoms with van der Waals surface area (Å²) in [5.41, 5.74) is 0.917. The first kappa shape index (κ1) is 25.8. The van der Waals surface area contributed by atoms with Crippen molar-refractivity contribution in [3.05, 3.63) is 76.8 Å².